The van der Waals surface area contributed by atoms with Crippen molar-refractivity contribution in [3.8, 4) is 17.2 Å². The number of rotatable bonds is 4. The van der Waals surface area contributed by atoms with Crippen molar-refractivity contribution in [1.29, 1.82) is 5.26 Å². The first kappa shape index (κ1) is 20.7. The van der Waals surface area contributed by atoms with E-state index in [1.54, 1.807) is 24.5 Å². The molecule has 0 atom stereocenters. The molecular weight excluding hydrogens is 389 g/mol. The fourth-order valence-electron chi connectivity index (χ4n) is 3.97. The van der Waals surface area contributed by atoms with Crippen molar-refractivity contribution in [2.45, 2.75) is 25.8 Å². The van der Waals surface area contributed by atoms with E-state index in [4.69, 9.17) is 11.0 Å². The lowest BCUT2D eigenvalue weighted by atomic mass is 9.97. The minimum absolute atomic E-state index is 0.205. The molecule has 3 aromatic rings. The minimum Gasteiger partial charge on any atom is -0.370 e. The molecule has 0 spiro atoms. The van der Waals surface area contributed by atoms with E-state index in [0.717, 1.165) is 59.4 Å². The fraction of sp³-hybridized carbons (Fsp3) is 0.240. The van der Waals surface area contributed by atoms with E-state index in [2.05, 4.69) is 20.9 Å². The van der Waals surface area contributed by atoms with Gasteiger partial charge in [-0.2, -0.15) is 5.26 Å². The molecule has 1 aliphatic heterocycles. The zero-order valence-electron chi connectivity index (χ0n) is 17.4. The number of nitrogens with zero attached hydrogens (tertiary/aromatic N) is 4. The SMILES string of the molecule is Cc1cc(F)cc(-c2cncc(/C=C/c3cncc(C#N)c3)c2N2CCC(N)CC2)c1. The molecule has 2 aromatic heterocycles. The van der Waals surface area contributed by atoms with Gasteiger partial charge in [0.2, 0.25) is 0 Å². The molecular formula is C25H24FN5. The van der Waals surface area contributed by atoms with E-state index in [0.29, 0.717) is 5.56 Å². The van der Waals surface area contributed by atoms with E-state index < -0.39 is 0 Å². The van der Waals surface area contributed by atoms with Crippen LogP contribution in [-0.2, 0) is 0 Å². The second kappa shape index (κ2) is 9.07. The van der Waals surface area contributed by atoms with Crippen molar-refractivity contribution < 1.29 is 4.39 Å². The van der Waals surface area contributed by atoms with Gasteiger partial charge in [-0.3, -0.25) is 9.97 Å². The largest absolute Gasteiger partial charge is 0.370 e. The number of aryl methyl sites for hydroxylation is 1. The molecule has 0 radical (unpaired) electrons. The van der Waals surface area contributed by atoms with E-state index in [1.165, 1.54) is 12.3 Å². The molecule has 2 N–H and O–H groups in total. The third-order valence-corrected chi connectivity index (χ3v) is 5.50. The summed E-state index contributed by atoms with van der Waals surface area (Å²) in [6.07, 6.45) is 12.6. The lowest BCUT2D eigenvalue weighted by Crippen LogP contribution is -2.40. The molecule has 1 aliphatic rings. The monoisotopic (exact) mass is 413 g/mol. The topological polar surface area (TPSA) is 78.8 Å². The lowest BCUT2D eigenvalue weighted by Gasteiger charge is -2.34. The van der Waals surface area contributed by atoms with Crippen molar-refractivity contribution in [3.05, 3.63) is 77.1 Å². The molecule has 156 valence electrons. The second-order valence-electron chi connectivity index (χ2n) is 7.92. The Kier molecular flexibility index (Phi) is 6.06. The van der Waals surface area contributed by atoms with Crippen LogP contribution in [0.5, 0.6) is 0 Å². The van der Waals surface area contributed by atoms with E-state index in [-0.39, 0.29) is 11.9 Å². The van der Waals surface area contributed by atoms with Gasteiger partial charge in [0.15, 0.2) is 0 Å². The molecule has 0 amide bonds. The second-order valence-corrected chi connectivity index (χ2v) is 7.92. The Morgan fingerprint density at radius 1 is 1.06 bits per heavy atom. The van der Waals surface area contributed by atoms with Crippen LogP contribution in [0.4, 0.5) is 10.1 Å². The number of hydrogen-bond donors (Lipinski definition) is 1. The van der Waals surface area contributed by atoms with Crippen molar-refractivity contribution in [2.75, 3.05) is 18.0 Å². The Balaban J connectivity index is 1.80. The van der Waals surface area contributed by atoms with Crippen LogP contribution in [0, 0.1) is 24.1 Å². The predicted molar refractivity (Wildman–Crippen MR) is 122 cm³/mol. The zero-order chi connectivity index (χ0) is 21.8. The molecule has 0 aliphatic carbocycles. The highest BCUT2D eigenvalue weighted by Gasteiger charge is 2.22. The first-order valence-electron chi connectivity index (χ1n) is 10.3. The fourth-order valence-corrected chi connectivity index (χ4v) is 3.97. The van der Waals surface area contributed by atoms with Crippen molar-refractivity contribution in [3.63, 3.8) is 0 Å². The van der Waals surface area contributed by atoms with Gasteiger partial charge in [0.1, 0.15) is 11.9 Å². The molecule has 4 rings (SSSR count). The van der Waals surface area contributed by atoms with Crippen LogP contribution in [0.25, 0.3) is 23.3 Å². The van der Waals surface area contributed by atoms with Gasteiger partial charge < -0.3 is 10.6 Å². The Bertz CT molecular complexity index is 1140. The number of aromatic nitrogens is 2. The number of benzene rings is 1. The third kappa shape index (κ3) is 4.79. The Labute approximate surface area is 181 Å². The van der Waals surface area contributed by atoms with Crippen molar-refractivity contribution in [2.24, 2.45) is 5.73 Å². The summed E-state index contributed by atoms with van der Waals surface area (Å²) >= 11 is 0. The molecule has 1 aromatic carbocycles. The predicted octanol–water partition coefficient (Wildman–Crippen LogP) is 4.56. The zero-order valence-corrected chi connectivity index (χ0v) is 17.4. The Morgan fingerprint density at radius 2 is 1.84 bits per heavy atom. The van der Waals surface area contributed by atoms with E-state index in [1.807, 2.05) is 31.3 Å². The van der Waals surface area contributed by atoms with E-state index >= 15 is 0 Å². The van der Waals surface area contributed by atoms with Gasteiger partial charge in [-0.1, -0.05) is 18.2 Å². The summed E-state index contributed by atoms with van der Waals surface area (Å²) in [7, 11) is 0. The number of pyridine rings is 2. The summed E-state index contributed by atoms with van der Waals surface area (Å²) in [5, 5.41) is 9.12. The molecule has 31 heavy (non-hydrogen) atoms. The lowest BCUT2D eigenvalue weighted by molar-refractivity contribution is 0.501. The molecule has 6 heteroatoms. The van der Waals surface area contributed by atoms with Gasteiger partial charge in [-0.05, 0) is 54.7 Å². The van der Waals surface area contributed by atoms with Crippen LogP contribution in [0.2, 0.25) is 0 Å². The number of halogens is 1. The highest BCUT2D eigenvalue weighted by Crippen LogP contribution is 2.36. The van der Waals surface area contributed by atoms with Crippen LogP contribution >= 0.6 is 0 Å². The molecule has 3 heterocycles. The summed E-state index contributed by atoms with van der Waals surface area (Å²) in [6.45, 7) is 3.55. The number of anilines is 1. The Hall–Kier alpha value is -3.56. The summed E-state index contributed by atoms with van der Waals surface area (Å²) in [6, 6.07) is 9.16. The highest BCUT2D eigenvalue weighted by molar-refractivity contribution is 5.87. The number of piperidine rings is 1. The first-order valence-corrected chi connectivity index (χ1v) is 10.3. The molecule has 0 saturated carbocycles. The summed E-state index contributed by atoms with van der Waals surface area (Å²) in [5.41, 5.74) is 12.0. The Morgan fingerprint density at radius 3 is 2.58 bits per heavy atom. The molecule has 0 unspecified atom stereocenters. The highest BCUT2D eigenvalue weighted by atomic mass is 19.1. The first-order chi connectivity index (χ1) is 15.0. The van der Waals surface area contributed by atoms with Crippen molar-refractivity contribution in [1.82, 2.24) is 9.97 Å². The third-order valence-electron chi connectivity index (χ3n) is 5.50. The molecule has 0 bridgehead atoms. The summed E-state index contributed by atoms with van der Waals surface area (Å²) in [4.78, 5) is 10.9. The van der Waals surface area contributed by atoms with Gasteiger partial charge in [0.05, 0.1) is 11.3 Å². The number of nitrogens with two attached hydrogens (primary N) is 1. The van der Waals surface area contributed by atoms with Gasteiger partial charge in [0.25, 0.3) is 0 Å². The quantitative estimate of drug-likeness (QED) is 0.678. The summed E-state index contributed by atoms with van der Waals surface area (Å²) < 4.78 is 14.2. The van der Waals surface area contributed by atoms with Crippen LogP contribution in [0.15, 0.2) is 49.1 Å². The smallest absolute Gasteiger partial charge is 0.124 e. The van der Waals surface area contributed by atoms with Crippen LogP contribution < -0.4 is 10.6 Å². The summed E-state index contributed by atoms with van der Waals surface area (Å²) in [5.74, 6) is -0.262. The normalized spacial score (nSPS) is 14.7. The van der Waals surface area contributed by atoms with Gasteiger partial charge in [-0.25, -0.2) is 4.39 Å². The molecule has 5 nitrogen and oxygen atoms in total. The maximum atomic E-state index is 14.2. The molecule has 1 fully saturated rings. The van der Waals surface area contributed by atoms with Crippen LogP contribution in [0.3, 0.4) is 0 Å². The number of hydrogen-bond acceptors (Lipinski definition) is 5. The maximum absolute atomic E-state index is 14.2. The van der Waals surface area contributed by atoms with Gasteiger partial charge >= 0.3 is 0 Å². The van der Waals surface area contributed by atoms with E-state index in [9.17, 15) is 4.39 Å². The molecule has 1 saturated heterocycles. The average Bonchev–Trinajstić information content (AvgIpc) is 2.77. The maximum Gasteiger partial charge on any atom is 0.124 e. The van der Waals surface area contributed by atoms with Gasteiger partial charge in [-0.15, -0.1) is 0 Å². The van der Waals surface area contributed by atoms with Crippen LogP contribution in [-0.4, -0.2) is 29.1 Å². The number of nitriles is 1. The van der Waals surface area contributed by atoms with Gasteiger partial charge in [0, 0.05) is 55.0 Å². The average molecular weight is 414 g/mol. The van der Waals surface area contributed by atoms with Crippen molar-refractivity contribution >= 4 is 17.8 Å². The van der Waals surface area contributed by atoms with Crippen LogP contribution in [0.1, 0.15) is 35.1 Å². The standard InChI is InChI=1S/C25H24FN5/c1-17-8-21(11-22(26)9-17)24-16-30-15-20(25(24)31-6-4-23(28)5-7-31)3-2-18-10-19(12-27)14-29-13-18/h2-3,8-11,13-16,23H,4-7,28H2,1H3/b3-2+. The minimum atomic E-state index is -0.262.